The van der Waals surface area contributed by atoms with Crippen molar-refractivity contribution in [1.29, 1.82) is 0 Å². The number of nitrogens with zero attached hydrogens (tertiary/aromatic N) is 6. The SMILES string of the molecule is CCN(Cc1cccnc1Cl)C(=O)c1cc2nc(-c3ccco3)nn2c(N)n1. The van der Waals surface area contributed by atoms with E-state index in [4.69, 9.17) is 21.8 Å². The summed E-state index contributed by atoms with van der Waals surface area (Å²) in [5, 5.41) is 4.63. The molecule has 0 atom stereocenters. The molecule has 0 bridgehead atoms. The quantitative estimate of drug-likeness (QED) is 0.514. The van der Waals surface area contributed by atoms with Gasteiger partial charge >= 0.3 is 0 Å². The summed E-state index contributed by atoms with van der Waals surface area (Å²) in [6.07, 6.45) is 3.13. The average Bonchev–Trinajstić information content (AvgIpc) is 3.36. The smallest absolute Gasteiger partial charge is 0.273 e. The lowest BCUT2D eigenvalue weighted by molar-refractivity contribution is 0.0746. The molecule has 0 spiro atoms. The molecule has 28 heavy (non-hydrogen) atoms. The highest BCUT2D eigenvalue weighted by Crippen LogP contribution is 2.20. The zero-order valence-electron chi connectivity index (χ0n) is 14.9. The molecule has 0 fully saturated rings. The summed E-state index contributed by atoms with van der Waals surface area (Å²) in [5.41, 5.74) is 7.32. The molecule has 4 heterocycles. The lowest BCUT2D eigenvalue weighted by atomic mass is 10.2. The second kappa shape index (κ2) is 7.28. The van der Waals surface area contributed by atoms with Gasteiger partial charge in [0.25, 0.3) is 5.91 Å². The highest BCUT2D eigenvalue weighted by atomic mass is 35.5. The molecule has 142 valence electrons. The topological polar surface area (TPSA) is 115 Å². The minimum absolute atomic E-state index is 0.0571. The standard InChI is InChI=1S/C18H16ClN7O2/c1-2-25(10-11-5-3-7-21-15(11)19)17(27)12-9-14-23-16(13-6-4-8-28-13)24-26(14)18(20)22-12/h3-9H,2,10H2,1H3,(H2,20,22). The first kappa shape index (κ1) is 17.9. The Morgan fingerprint density at radius 3 is 2.89 bits per heavy atom. The summed E-state index contributed by atoms with van der Waals surface area (Å²) in [4.78, 5) is 27.2. The van der Waals surface area contributed by atoms with Crippen molar-refractivity contribution >= 4 is 29.1 Å². The highest BCUT2D eigenvalue weighted by Gasteiger charge is 2.20. The number of amides is 1. The van der Waals surface area contributed by atoms with Crippen molar-refractivity contribution in [3.63, 3.8) is 0 Å². The molecular weight excluding hydrogens is 382 g/mol. The molecule has 9 nitrogen and oxygen atoms in total. The number of pyridine rings is 1. The van der Waals surface area contributed by atoms with Crippen LogP contribution in [0.3, 0.4) is 0 Å². The highest BCUT2D eigenvalue weighted by molar-refractivity contribution is 6.30. The predicted molar refractivity (Wildman–Crippen MR) is 103 cm³/mol. The van der Waals surface area contributed by atoms with Crippen molar-refractivity contribution < 1.29 is 9.21 Å². The van der Waals surface area contributed by atoms with E-state index in [9.17, 15) is 4.79 Å². The van der Waals surface area contributed by atoms with Crippen LogP contribution in [-0.4, -0.2) is 41.9 Å². The molecule has 10 heteroatoms. The molecule has 4 aromatic heterocycles. The Bertz CT molecular complexity index is 1140. The van der Waals surface area contributed by atoms with Gasteiger partial charge in [0.15, 0.2) is 11.4 Å². The third kappa shape index (κ3) is 3.27. The lowest BCUT2D eigenvalue weighted by Gasteiger charge is -2.21. The maximum Gasteiger partial charge on any atom is 0.273 e. The van der Waals surface area contributed by atoms with E-state index in [2.05, 4.69) is 20.1 Å². The minimum Gasteiger partial charge on any atom is -0.461 e. The van der Waals surface area contributed by atoms with Crippen LogP contribution in [-0.2, 0) is 6.54 Å². The van der Waals surface area contributed by atoms with Crippen molar-refractivity contribution in [1.82, 2.24) is 29.5 Å². The van der Waals surface area contributed by atoms with Crippen molar-refractivity contribution in [2.24, 2.45) is 0 Å². The fraction of sp³-hybridized carbons (Fsp3) is 0.167. The predicted octanol–water partition coefficient (Wildman–Crippen LogP) is 2.68. The van der Waals surface area contributed by atoms with Crippen LogP contribution in [0.5, 0.6) is 0 Å². The Morgan fingerprint density at radius 2 is 2.18 bits per heavy atom. The number of carbonyl (C=O) groups excluding carboxylic acids is 1. The maximum absolute atomic E-state index is 13.0. The molecule has 0 saturated heterocycles. The van der Waals surface area contributed by atoms with E-state index in [1.807, 2.05) is 13.0 Å². The van der Waals surface area contributed by atoms with Gasteiger partial charge in [-0.05, 0) is 25.1 Å². The van der Waals surface area contributed by atoms with Crippen LogP contribution in [0.15, 0.2) is 47.2 Å². The summed E-state index contributed by atoms with van der Waals surface area (Å²) in [6.45, 7) is 2.64. The molecule has 0 radical (unpaired) electrons. The van der Waals surface area contributed by atoms with Gasteiger partial charge in [0.05, 0.1) is 6.26 Å². The molecule has 0 aliphatic rings. The number of rotatable bonds is 5. The van der Waals surface area contributed by atoms with E-state index in [0.29, 0.717) is 35.5 Å². The molecular formula is C18H16ClN7O2. The van der Waals surface area contributed by atoms with E-state index in [1.54, 1.807) is 35.4 Å². The number of nitrogen functional groups attached to an aromatic ring is 1. The van der Waals surface area contributed by atoms with Crippen LogP contribution >= 0.6 is 11.6 Å². The average molecular weight is 398 g/mol. The van der Waals surface area contributed by atoms with Gasteiger partial charge in [-0.2, -0.15) is 4.52 Å². The second-order valence-corrected chi connectivity index (χ2v) is 6.31. The molecule has 1 amide bonds. The van der Waals surface area contributed by atoms with E-state index < -0.39 is 0 Å². The Morgan fingerprint density at radius 1 is 1.32 bits per heavy atom. The van der Waals surface area contributed by atoms with Gasteiger partial charge in [0.2, 0.25) is 11.8 Å². The van der Waals surface area contributed by atoms with Crippen LogP contribution in [0, 0.1) is 0 Å². The van der Waals surface area contributed by atoms with E-state index in [1.165, 1.54) is 10.8 Å². The summed E-state index contributed by atoms with van der Waals surface area (Å²) in [7, 11) is 0. The van der Waals surface area contributed by atoms with E-state index in [-0.39, 0.29) is 17.5 Å². The van der Waals surface area contributed by atoms with Crippen molar-refractivity contribution in [3.8, 4) is 11.6 Å². The Balaban J connectivity index is 1.67. The van der Waals surface area contributed by atoms with Crippen LogP contribution in [0.25, 0.3) is 17.2 Å². The summed E-state index contributed by atoms with van der Waals surface area (Å²) < 4.78 is 6.67. The number of nitrogens with two attached hydrogens (primary N) is 1. The first-order chi connectivity index (χ1) is 13.6. The van der Waals surface area contributed by atoms with Crippen LogP contribution in [0.2, 0.25) is 5.15 Å². The first-order valence-electron chi connectivity index (χ1n) is 8.52. The number of anilines is 1. The Kier molecular flexibility index (Phi) is 4.66. The Labute approximate surface area is 164 Å². The molecule has 2 N–H and O–H groups in total. The monoisotopic (exact) mass is 397 g/mol. The van der Waals surface area contributed by atoms with Gasteiger partial charge in [0, 0.05) is 30.9 Å². The zero-order valence-corrected chi connectivity index (χ0v) is 15.7. The maximum atomic E-state index is 13.0. The number of carbonyl (C=O) groups is 1. The molecule has 4 rings (SSSR count). The molecule has 0 saturated carbocycles. The summed E-state index contributed by atoms with van der Waals surface area (Å²) in [6, 6.07) is 8.62. The van der Waals surface area contributed by atoms with Gasteiger partial charge in [-0.15, -0.1) is 5.10 Å². The second-order valence-electron chi connectivity index (χ2n) is 5.95. The number of hydrogen-bond acceptors (Lipinski definition) is 7. The summed E-state index contributed by atoms with van der Waals surface area (Å²) >= 11 is 6.12. The normalized spacial score (nSPS) is 11.1. The van der Waals surface area contributed by atoms with Gasteiger partial charge < -0.3 is 15.1 Å². The molecule has 0 aliphatic carbocycles. The largest absolute Gasteiger partial charge is 0.461 e. The number of aromatic nitrogens is 5. The van der Waals surface area contributed by atoms with Crippen LogP contribution in [0.4, 0.5) is 5.95 Å². The van der Waals surface area contributed by atoms with Gasteiger partial charge in [-0.3, -0.25) is 4.79 Å². The number of furan rings is 1. The van der Waals surface area contributed by atoms with Crippen molar-refractivity contribution in [2.75, 3.05) is 12.3 Å². The minimum atomic E-state index is -0.292. The third-order valence-electron chi connectivity index (χ3n) is 4.18. The first-order valence-corrected chi connectivity index (χ1v) is 8.90. The molecule has 4 aromatic rings. The molecule has 0 aliphatic heterocycles. The number of halogens is 1. The van der Waals surface area contributed by atoms with Gasteiger partial charge in [-0.1, -0.05) is 17.7 Å². The fourth-order valence-electron chi connectivity index (χ4n) is 2.76. The van der Waals surface area contributed by atoms with Gasteiger partial charge in [0.1, 0.15) is 10.8 Å². The third-order valence-corrected chi connectivity index (χ3v) is 4.52. The van der Waals surface area contributed by atoms with Crippen LogP contribution < -0.4 is 5.73 Å². The van der Waals surface area contributed by atoms with Crippen molar-refractivity contribution in [3.05, 3.63) is 59.2 Å². The lowest BCUT2D eigenvalue weighted by Crippen LogP contribution is -2.31. The zero-order chi connectivity index (χ0) is 19.7. The van der Waals surface area contributed by atoms with Gasteiger partial charge in [-0.25, -0.2) is 15.0 Å². The molecule has 0 aromatic carbocycles. The number of fused-ring (bicyclic) bond motifs is 1. The Hall–Kier alpha value is -3.46. The number of hydrogen-bond donors (Lipinski definition) is 1. The summed E-state index contributed by atoms with van der Waals surface area (Å²) in [5.74, 6) is 0.621. The van der Waals surface area contributed by atoms with Crippen molar-refractivity contribution in [2.45, 2.75) is 13.5 Å². The van der Waals surface area contributed by atoms with E-state index in [0.717, 1.165) is 5.56 Å². The fourth-order valence-corrected chi connectivity index (χ4v) is 2.94. The van der Waals surface area contributed by atoms with E-state index >= 15 is 0 Å². The van der Waals surface area contributed by atoms with Crippen LogP contribution in [0.1, 0.15) is 23.0 Å². The molecule has 0 unspecified atom stereocenters.